The lowest BCUT2D eigenvalue weighted by Crippen LogP contribution is -2.22. The third-order valence-corrected chi connectivity index (χ3v) is 4.04. The molecule has 0 aliphatic carbocycles. The molecule has 2 rings (SSSR count). The Morgan fingerprint density at radius 1 is 0.909 bits per heavy atom. The maximum atomic E-state index is 12.0. The van der Waals surface area contributed by atoms with E-state index in [0.29, 0.717) is 5.69 Å². The number of aryl methyl sites for hydroxylation is 1. The van der Waals surface area contributed by atoms with Crippen molar-refractivity contribution in [2.24, 2.45) is 0 Å². The van der Waals surface area contributed by atoms with Gasteiger partial charge in [-0.25, -0.2) is 0 Å². The van der Waals surface area contributed by atoms with E-state index in [1.165, 1.54) is 0 Å². The number of hydrogen-bond donors (Lipinski definition) is 2. The number of rotatable bonds is 4. The fourth-order valence-corrected chi connectivity index (χ4v) is 2.37. The van der Waals surface area contributed by atoms with Gasteiger partial charge in [-0.2, -0.15) is 0 Å². The Hall–Kier alpha value is -2.14. The fraction of sp³-hybridized carbons (Fsp3) is 0.176. The summed E-state index contributed by atoms with van der Waals surface area (Å²) in [5, 5.41) is 5.48. The summed E-state index contributed by atoms with van der Waals surface area (Å²) in [4.78, 5) is 23.9. The lowest BCUT2D eigenvalue weighted by Gasteiger charge is -2.11. The van der Waals surface area contributed by atoms with Gasteiger partial charge < -0.3 is 10.6 Å². The van der Waals surface area contributed by atoms with Crippen molar-refractivity contribution in [3.63, 3.8) is 0 Å². The van der Waals surface area contributed by atoms with Gasteiger partial charge >= 0.3 is 0 Å². The molecule has 0 spiro atoms. The first kappa shape index (κ1) is 16.2. The minimum atomic E-state index is -0.352. The molecule has 0 atom stereocenters. The lowest BCUT2D eigenvalue weighted by atomic mass is 10.1. The van der Waals surface area contributed by atoms with Crippen LogP contribution in [-0.2, 0) is 9.59 Å². The van der Waals surface area contributed by atoms with Crippen LogP contribution in [0.25, 0.3) is 0 Å². The highest BCUT2D eigenvalue weighted by molar-refractivity contribution is 9.10. The normalized spacial score (nSPS) is 10.1. The average Bonchev–Trinajstić information content (AvgIpc) is 2.46. The van der Waals surface area contributed by atoms with E-state index in [9.17, 15) is 9.59 Å². The van der Waals surface area contributed by atoms with Crippen molar-refractivity contribution in [3.05, 3.63) is 58.1 Å². The first-order chi connectivity index (χ1) is 10.5. The van der Waals surface area contributed by atoms with Crippen molar-refractivity contribution in [3.8, 4) is 0 Å². The zero-order valence-electron chi connectivity index (χ0n) is 12.4. The second-order valence-corrected chi connectivity index (χ2v) is 5.85. The summed E-state index contributed by atoms with van der Waals surface area (Å²) in [6.07, 6.45) is -0.227. The molecule has 22 heavy (non-hydrogen) atoms. The van der Waals surface area contributed by atoms with E-state index in [4.69, 9.17) is 0 Å². The first-order valence-electron chi connectivity index (χ1n) is 6.88. The van der Waals surface area contributed by atoms with Crippen LogP contribution in [0.15, 0.2) is 46.9 Å². The minimum absolute atomic E-state index is 0.227. The van der Waals surface area contributed by atoms with E-state index < -0.39 is 0 Å². The molecule has 0 fully saturated rings. The number of hydrogen-bond acceptors (Lipinski definition) is 2. The van der Waals surface area contributed by atoms with Gasteiger partial charge in [0.25, 0.3) is 0 Å². The van der Waals surface area contributed by atoms with Gasteiger partial charge in [0.2, 0.25) is 11.8 Å². The van der Waals surface area contributed by atoms with Crippen LogP contribution in [0.1, 0.15) is 17.5 Å². The molecule has 5 heteroatoms. The SMILES string of the molecule is Cc1cccc(NC(=O)CC(=O)Nc2ccccc2Br)c1C. The van der Waals surface area contributed by atoms with Gasteiger partial charge in [-0.3, -0.25) is 9.59 Å². The standard InChI is InChI=1S/C17H17BrN2O2/c1-11-6-5-9-14(12(11)2)19-16(21)10-17(22)20-15-8-4-3-7-13(15)18/h3-9H,10H2,1-2H3,(H,19,21)(H,20,22). The predicted molar refractivity (Wildman–Crippen MR) is 91.9 cm³/mol. The molecular weight excluding hydrogens is 344 g/mol. The Kier molecular flexibility index (Phi) is 5.33. The summed E-state index contributed by atoms with van der Waals surface area (Å²) in [7, 11) is 0. The third-order valence-electron chi connectivity index (χ3n) is 3.35. The molecule has 0 unspecified atom stereocenters. The van der Waals surface area contributed by atoms with Gasteiger partial charge in [-0.15, -0.1) is 0 Å². The molecule has 0 aromatic heterocycles. The van der Waals surface area contributed by atoms with Crippen molar-refractivity contribution in [2.45, 2.75) is 20.3 Å². The van der Waals surface area contributed by atoms with Crippen LogP contribution in [0.3, 0.4) is 0 Å². The number of anilines is 2. The zero-order valence-corrected chi connectivity index (χ0v) is 14.0. The third kappa shape index (κ3) is 4.18. The van der Waals surface area contributed by atoms with E-state index >= 15 is 0 Å². The molecule has 2 aromatic carbocycles. The molecule has 0 heterocycles. The van der Waals surface area contributed by atoms with Crippen molar-refractivity contribution in [1.29, 1.82) is 0 Å². The monoisotopic (exact) mass is 360 g/mol. The van der Waals surface area contributed by atoms with Crippen LogP contribution in [0, 0.1) is 13.8 Å². The van der Waals surface area contributed by atoms with Crippen molar-refractivity contribution < 1.29 is 9.59 Å². The summed E-state index contributed by atoms with van der Waals surface area (Å²) in [6.45, 7) is 3.91. The van der Waals surface area contributed by atoms with E-state index in [1.807, 2.05) is 50.2 Å². The topological polar surface area (TPSA) is 58.2 Å². The first-order valence-corrected chi connectivity index (χ1v) is 7.67. The molecule has 2 aromatic rings. The van der Waals surface area contributed by atoms with Crippen molar-refractivity contribution in [1.82, 2.24) is 0 Å². The molecule has 0 aliphatic heterocycles. The minimum Gasteiger partial charge on any atom is -0.325 e. The molecule has 0 aliphatic rings. The van der Waals surface area contributed by atoms with Crippen LogP contribution in [0.2, 0.25) is 0 Å². The van der Waals surface area contributed by atoms with Gasteiger partial charge in [0.05, 0.1) is 5.69 Å². The van der Waals surface area contributed by atoms with Gasteiger partial charge in [-0.1, -0.05) is 24.3 Å². The van der Waals surface area contributed by atoms with E-state index in [-0.39, 0.29) is 18.2 Å². The highest BCUT2D eigenvalue weighted by atomic mass is 79.9. The largest absolute Gasteiger partial charge is 0.325 e. The second kappa shape index (κ2) is 7.22. The second-order valence-electron chi connectivity index (χ2n) is 5.00. The summed E-state index contributed by atoms with van der Waals surface area (Å²) < 4.78 is 0.776. The van der Waals surface area contributed by atoms with E-state index in [2.05, 4.69) is 26.6 Å². The van der Waals surface area contributed by atoms with Gasteiger partial charge in [0.1, 0.15) is 6.42 Å². The quantitative estimate of drug-likeness (QED) is 0.808. The van der Waals surface area contributed by atoms with Crippen LogP contribution >= 0.6 is 15.9 Å². The summed E-state index contributed by atoms with van der Waals surface area (Å²) in [6, 6.07) is 12.9. The van der Waals surface area contributed by atoms with Gasteiger partial charge in [-0.05, 0) is 59.1 Å². The molecule has 4 nitrogen and oxygen atoms in total. The van der Waals surface area contributed by atoms with Crippen LogP contribution in [0.4, 0.5) is 11.4 Å². The highest BCUT2D eigenvalue weighted by Gasteiger charge is 2.12. The zero-order chi connectivity index (χ0) is 16.1. The maximum Gasteiger partial charge on any atom is 0.233 e. The van der Waals surface area contributed by atoms with Crippen LogP contribution in [-0.4, -0.2) is 11.8 Å². The Morgan fingerprint density at radius 3 is 2.18 bits per heavy atom. The Morgan fingerprint density at radius 2 is 1.50 bits per heavy atom. The molecule has 0 saturated heterocycles. The van der Waals surface area contributed by atoms with Crippen molar-refractivity contribution >= 4 is 39.1 Å². The summed E-state index contributed by atoms with van der Waals surface area (Å²) in [5.74, 6) is -0.687. The van der Waals surface area contributed by atoms with E-state index in [0.717, 1.165) is 21.3 Å². The van der Waals surface area contributed by atoms with Crippen LogP contribution in [0.5, 0.6) is 0 Å². The molecular formula is C17H17BrN2O2. The fourth-order valence-electron chi connectivity index (χ4n) is 1.98. The highest BCUT2D eigenvalue weighted by Crippen LogP contribution is 2.21. The molecule has 114 valence electrons. The maximum absolute atomic E-state index is 12.0. The van der Waals surface area contributed by atoms with Gasteiger partial charge in [0.15, 0.2) is 0 Å². The van der Waals surface area contributed by atoms with Crippen LogP contribution < -0.4 is 10.6 Å². The number of amides is 2. The molecule has 2 N–H and O–H groups in total. The summed E-state index contributed by atoms with van der Waals surface area (Å²) in [5.41, 5.74) is 3.48. The Labute approximate surface area is 138 Å². The van der Waals surface area contributed by atoms with Gasteiger partial charge in [0, 0.05) is 10.2 Å². The number of carbonyl (C=O) groups is 2. The average molecular weight is 361 g/mol. The molecule has 0 radical (unpaired) electrons. The van der Waals surface area contributed by atoms with Crippen molar-refractivity contribution in [2.75, 3.05) is 10.6 Å². The Bertz CT molecular complexity index is 714. The molecule has 0 bridgehead atoms. The number of benzene rings is 2. The Balaban J connectivity index is 1.96. The molecule has 0 saturated carbocycles. The predicted octanol–water partition coefficient (Wildman–Crippen LogP) is 4.03. The smallest absolute Gasteiger partial charge is 0.233 e. The number of para-hydroxylation sites is 1. The molecule has 2 amide bonds. The number of halogens is 1. The lowest BCUT2D eigenvalue weighted by molar-refractivity contribution is -0.123. The summed E-state index contributed by atoms with van der Waals surface area (Å²) >= 11 is 3.35. The number of nitrogens with one attached hydrogen (secondary N) is 2. The van der Waals surface area contributed by atoms with E-state index in [1.54, 1.807) is 6.07 Å². The number of carbonyl (C=O) groups excluding carboxylic acids is 2.